The summed E-state index contributed by atoms with van der Waals surface area (Å²) in [6.45, 7) is 5.22. The first-order chi connectivity index (χ1) is 11.2. The maximum absolute atomic E-state index is 5.40. The summed E-state index contributed by atoms with van der Waals surface area (Å²) >= 11 is 8.86. The highest BCUT2D eigenvalue weighted by Gasteiger charge is 2.27. The standard InChI is InChI=1S/C16H18N4S3/c1-11-18-20(16(21)22-11)10-19-8-4-5-12(9-19)15-17-13-6-2-3-7-14(13)23-15/h2-3,6-7,12H,4-5,8-10H2,1H3/p+1/t12-/m0/s1. The minimum atomic E-state index is 0.560. The Morgan fingerprint density at radius 2 is 2.22 bits per heavy atom. The van der Waals surface area contributed by atoms with Crippen molar-refractivity contribution in [1.82, 2.24) is 14.8 Å². The molecule has 2 aromatic heterocycles. The van der Waals surface area contributed by atoms with E-state index in [1.165, 1.54) is 29.1 Å². The topological polar surface area (TPSA) is 35.2 Å². The molecule has 120 valence electrons. The molecule has 0 amide bonds. The van der Waals surface area contributed by atoms with E-state index < -0.39 is 0 Å². The van der Waals surface area contributed by atoms with Crippen molar-refractivity contribution < 1.29 is 4.90 Å². The summed E-state index contributed by atoms with van der Waals surface area (Å²) in [6, 6.07) is 8.44. The Morgan fingerprint density at radius 3 is 3.00 bits per heavy atom. The predicted molar refractivity (Wildman–Crippen MR) is 98.0 cm³/mol. The zero-order valence-electron chi connectivity index (χ0n) is 13.0. The van der Waals surface area contributed by atoms with E-state index in [0.29, 0.717) is 5.92 Å². The third kappa shape index (κ3) is 3.24. The van der Waals surface area contributed by atoms with E-state index in [1.54, 1.807) is 16.2 Å². The number of hydrogen-bond acceptors (Lipinski definition) is 5. The first-order valence-corrected chi connectivity index (χ1v) is 9.97. The maximum Gasteiger partial charge on any atom is 0.184 e. The molecule has 1 N–H and O–H groups in total. The fourth-order valence-corrected chi connectivity index (χ4v) is 5.46. The molecule has 1 aliphatic rings. The average Bonchev–Trinajstić information content (AvgIpc) is 3.11. The van der Waals surface area contributed by atoms with Gasteiger partial charge in [-0.2, -0.15) is 9.78 Å². The lowest BCUT2D eigenvalue weighted by Gasteiger charge is -2.28. The van der Waals surface area contributed by atoms with E-state index in [9.17, 15) is 0 Å². The van der Waals surface area contributed by atoms with Crippen LogP contribution < -0.4 is 4.90 Å². The molecule has 7 heteroatoms. The van der Waals surface area contributed by atoms with Crippen molar-refractivity contribution in [3.63, 3.8) is 0 Å². The maximum atomic E-state index is 5.40. The quantitative estimate of drug-likeness (QED) is 0.727. The number of benzene rings is 1. The Labute approximate surface area is 148 Å². The number of nitrogens with zero attached hydrogens (tertiary/aromatic N) is 3. The van der Waals surface area contributed by atoms with E-state index in [1.807, 2.05) is 22.9 Å². The van der Waals surface area contributed by atoms with Crippen molar-refractivity contribution in [3.05, 3.63) is 38.2 Å². The fourth-order valence-electron chi connectivity index (χ4n) is 3.29. The largest absolute Gasteiger partial charge is 0.316 e. The summed E-state index contributed by atoms with van der Waals surface area (Å²) in [6.07, 6.45) is 2.48. The van der Waals surface area contributed by atoms with E-state index in [2.05, 4.69) is 29.4 Å². The number of likely N-dealkylation sites (tertiary alicyclic amines) is 1. The second kappa shape index (κ2) is 6.39. The molecule has 0 bridgehead atoms. The van der Waals surface area contributed by atoms with Crippen LogP contribution in [0, 0.1) is 10.9 Å². The Bertz CT molecular complexity index is 846. The molecular formula is C16H19N4S3+. The van der Waals surface area contributed by atoms with Crippen LogP contribution in [0.2, 0.25) is 0 Å². The highest BCUT2D eigenvalue weighted by atomic mass is 32.1. The molecule has 3 aromatic rings. The highest BCUT2D eigenvalue weighted by molar-refractivity contribution is 7.73. The van der Waals surface area contributed by atoms with Crippen LogP contribution in [-0.4, -0.2) is 27.9 Å². The van der Waals surface area contributed by atoms with Crippen molar-refractivity contribution in [2.45, 2.75) is 32.4 Å². The number of nitrogens with one attached hydrogen (secondary N) is 1. The molecule has 0 spiro atoms. The lowest BCUT2D eigenvalue weighted by Crippen LogP contribution is -3.12. The Kier molecular flexibility index (Phi) is 4.27. The van der Waals surface area contributed by atoms with Gasteiger partial charge in [0, 0.05) is 0 Å². The predicted octanol–water partition coefficient (Wildman–Crippen LogP) is 3.01. The number of quaternary nitrogens is 1. The van der Waals surface area contributed by atoms with Crippen LogP contribution in [-0.2, 0) is 6.67 Å². The monoisotopic (exact) mass is 363 g/mol. The van der Waals surface area contributed by atoms with Crippen molar-refractivity contribution in [2.75, 3.05) is 13.1 Å². The van der Waals surface area contributed by atoms with Gasteiger partial charge < -0.3 is 4.90 Å². The number of hydrogen-bond donors (Lipinski definition) is 1. The number of rotatable bonds is 3. The SMILES string of the molecule is Cc1nn(C[NH+]2CCC[C@H](c3nc4ccccc4s3)C2)c(=S)s1. The number of aryl methyl sites for hydroxylation is 1. The van der Waals surface area contributed by atoms with Gasteiger partial charge in [-0.05, 0) is 44.1 Å². The zero-order chi connectivity index (χ0) is 15.8. The Hall–Kier alpha value is -1.15. The molecule has 1 saturated heterocycles. The lowest BCUT2D eigenvalue weighted by atomic mass is 9.99. The molecule has 1 aliphatic heterocycles. The number of fused-ring (bicyclic) bond motifs is 1. The van der Waals surface area contributed by atoms with Gasteiger partial charge in [-0.1, -0.05) is 23.5 Å². The molecule has 4 nitrogen and oxygen atoms in total. The summed E-state index contributed by atoms with van der Waals surface area (Å²) < 4.78 is 4.18. The van der Waals surface area contributed by atoms with Crippen LogP contribution in [0.5, 0.6) is 0 Å². The van der Waals surface area contributed by atoms with Gasteiger partial charge in [0.1, 0.15) is 10.0 Å². The molecule has 3 heterocycles. The van der Waals surface area contributed by atoms with Gasteiger partial charge in [0.15, 0.2) is 10.6 Å². The molecule has 0 radical (unpaired) electrons. The van der Waals surface area contributed by atoms with Gasteiger partial charge in [0.2, 0.25) is 0 Å². The smallest absolute Gasteiger partial charge is 0.184 e. The average molecular weight is 364 g/mol. The normalized spacial score (nSPS) is 21.8. The number of thiazole rings is 1. The summed E-state index contributed by atoms with van der Waals surface area (Å²) in [4.78, 5) is 6.42. The summed E-state index contributed by atoms with van der Waals surface area (Å²) in [5.74, 6) is 0.560. The van der Waals surface area contributed by atoms with E-state index in [-0.39, 0.29) is 0 Å². The van der Waals surface area contributed by atoms with Crippen molar-refractivity contribution in [3.8, 4) is 0 Å². The number of aromatic nitrogens is 3. The third-order valence-corrected chi connectivity index (χ3v) is 6.78. The van der Waals surface area contributed by atoms with Crippen molar-refractivity contribution in [1.29, 1.82) is 0 Å². The number of para-hydroxylation sites is 1. The van der Waals surface area contributed by atoms with Gasteiger partial charge >= 0.3 is 0 Å². The molecule has 4 rings (SSSR count). The van der Waals surface area contributed by atoms with Crippen LogP contribution >= 0.6 is 34.9 Å². The van der Waals surface area contributed by atoms with Gasteiger partial charge in [-0.3, -0.25) is 0 Å². The minimum Gasteiger partial charge on any atom is -0.316 e. The molecule has 23 heavy (non-hydrogen) atoms. The zero-order valence-corrected chi connectivity index (χ0v) is 15.4. The van der Waals surface area contributed by atoms with E-state index >= 15 is 0 Å². The molecule has 1 unspecified atom stereocenters. The van der Waals surface area contributed by atoms with E-state index in [4.69, 9.17) is 17.2 Å². The molecule has 1 aromatic carbocycles. The van der Waals surface area contributed by atoms with Crippen LogP contribution in [0.1, 0.15) is 28.8 Å². The van der Waals surface area contributed by atoms with Crippen LogP contribution in [0.4, 0.5) is 0 Å². The van der Waals surface area contributed by atoms with Crippen LogP contribution in [0.15, 0.2) is 24.3 Å². The van der Waals surface area contributed by atoms with Crippen LogP contribution in [0.25, 0.3) is 10.2 Å². The second-order valence-electron chi connectivity index (χ2n) is 6.11. The minimum absolute atomic E-state index is 0.560. The molecule has 0 aliphatic carbocycles. The third-order valence-electron chi connectivity index (χ3n) is 4.36. The first kappa shape index (κ1) is 15.4. The molecule has 0 saturated carbocycles. The fraction of sp³-hybridized carbons (Fsp3) is 0.438. The van der Waals surface area contributed by atoms with Gasteiger partial charge in [0.05, 0.1) is 29.2 Å². The Morgan fingerprint density at radius 1 is 1.35 bits per heavy atom. The summed E-state index contributed by atoms with van der Waals surface area (Å²) in [5.41, 5.74) is 1.14. The Balaban J connectivity index is 1.52. The van der Waals surface area contributed by atoms with Crippen LogP contribution in [0.3, 0.4) is 0 Å². The van der Waals surface area contributed by atoms with E-state index in [0.717, 1.165) is 27.7 Å². The molecule has 1 fully saturated rings. The van der Waals surface area contributed by atoms with Gasteiger partial charge in [-0.15, -0.1) is 11.3 Å². The highest BCUT2D eigenvalue weighted by Crippen LogP contribution is 2.30. The molecule has 2 atom stereocenters. The van der Waals surface area contributed by atoms with Crippen molar-refractivity contribution in [2.24, 2.45) is 0 Å². The second-order valence-corrected chi connectivity index (χ2v) is 9.00. The lowest BCUT2D eigenvalue weighted by molar-refractivity contribution is -0.929. The number of piperidine rings is 1. The van der Waals surface area contributed by atoms with Gasteiger partial charge in [-0.25, -0.2) is 4.98 Å². The van der Waals surface area contributed by atoms with Gasteiger partial charge in [0.25, 0.3) is 0 Å². The van der Waals surface area contributed by atoms with Crippen molar-refractivity contribution >= 4 is 45.1 Å². The first-order valence-electron chi connectivity index (χ1n) is 7.92. The molecular weight excluding hydrogens is 344 g/mol. The summed E-state index contributed by atoms with van der Waals surface area (Å²) in [7, 11) is 0. The summed E-state index contributed by atoms with van der Waals surface area (Å²) in [5, 5.41) is 6.88.